The molecule has 0 aromatic rings. The van der Waals surface area contributed by atoms with Crippen molar-refractivity contribution in [3.8, 4) is 0 Å². The molecule has 1 rings (SSSR count). The van der Waals surface area contributed by atoms with Crippen LogP contribution in [-0.4, -0.2) is 46.0 Å². The molecule has 0 heterocycles. The van der Waals surface area contributed by atoms with Crippen LogP contribution in [0.5, 0.6) is 0 Å². The largest absolute Gasteiger partial charge is 0.355 e. The Labute approximate surface area is 109 Å². The molecule has 1 aliphatic carbocycles. The van der Waals surface area contributed by atoms with Crippen LogP contribution in [0.1, 0.15) is 19.3 Å². The second-order valence-corrected chi connectivity index (χ2v) is 6.49. The number of hydrogen-bond acceptors (Lipinski definition) is 4. The third kappa shape index (κ3) is 8.40. The Balaban J connectivity index is 0.00000256. The van der Waals surface area contributed by atoms with Crippen LogP contribution < -0.4 is 10.6 Å². The van der Waals surface area contributed by atoms with Gasteiger partial charge in [0.15, 0.2) is 9.84 Å². The predicted molar refractivity (Wildman–Crippen MR) is 70.2 cm³/mol. The van der Waals surface area contributed by atoms with Gasteiger partial charge >= 0.3 is 0 Å². The van der Waals surface area contributed by atoms with Crippen LogP contribution in [0.4, 0.5) is 0 Å². The molecule has 0 spiro atoms. The highest BCUT2D eigenvalue weighted by molar-refractivity contribution is 7.91. The summed E-state index contributed by atoms with van der Waals surface area (Å²) in [7, 11) is -1.19. The van der Waals surface area contributed by atoms with E-state index in [1.165, 1.54) is 0 Å². The minimum atomic E-state index is -2.96. The van der Waals surface area contributed by atoms with Crippen molar-refractivity contribution in [2.24, 2.45) is 5.92 Å². The smallest absolute Gasteiger partial charge is 0.221 e. The van der Waals surface area contributed by atoms with Crippen LogP contribution in [-0.2, 0) is 14.6 Å². The number of sulfone groups is 1. The molecule has 0 aromatic carbocycles. The number of hydrogen-bond donors (Lipinski definition) is 2. The average molecular weight is 285 g/mol. The number of carbonyl (C=O) groups excluding carboxylic acids is 1. The fourth-order valence-electron chi connectivity index (χ4n) is 1.40. The van der Waals surface area contributed by atoms with E-state index in [0.29, 0.717) is 24.6 Å². The molecule has 0 saturated heterocycles. The van der Waals surface area contributed by atoms with Gasteiger partial charge in [0.1, 0.15) is 0 Å². The summed E-state index contributed by atoms with van der Waals surface area (Å²) < 4.78 is 23.0. The van der Waals surface area contributed by atoms with Gasteiger partial charge in [-0.05, 0) is 25.8 Å². The number of carbonyl (C=O) groups is 1. The first kappa shape index (κ1) is 16.7. The van der Waals surface area contributed by atoms with Crippen molar-refractivity contribution >= 4 is 28.2 Å². The van der Waals surface area contributed by atoms with Crippen LogP contribution in [0.15, 0.2) is 0 Å². The third-order valence-corrected chi connectivity index (χ3v) is 4.33. The van der Waals surface area contributed by atoms with Crippen molar-refractivity contribution in [3.05, 3.63) is 0 Å². The van der Waals surface area contributed by atoms with Crippen molar-refractivity contribution in [2.75, 3.05) is 31.6 Å². The Morgan fingerprint density at radius 2 is 1.94 bits per heavy atom. The van der Waals surface area contributed by atoms with Crippen LogP contribution >= 0.6 is 12.4 Å². The van der Waals surface area contributed by atoms with Gasteiger partial charge in [0.2, 0.25) is 5.91 Å². The summed E-state index contributed by atoms with van der Waals surface area (Å²) in [4.78, 5) is 11.2. The van der Waals surface area contributed by atoms with Gasteiger partial charge in [-0.15, -0.1) is 12.4 Å². The molecular formula is C10H21ClN2O3S. The van der Waals surface area contributed by atoms with Crippen molar-refractivity contribution in [3.63, 3.8) is 0 Å². The molecule has 7 heteroatoms. The van der Waals surface area contributed by atoms with E-state index in [9.17, 15) is 13.2 Å². The van der Waals surface area contributed by atoms with E-state index < -0.39 is 9.84 Å². The van der Waals surface area contributed by atoms with Crippen LogP contribution in [0.3, 0.4) is 0 Å². The Morgan fingerprint density at radius 3 is 2.47 bits per heavy atom. The first-order valence-electron chi connectivity index (χ1n) is 5.65. The normalized spacial score (nSPS) is 15.1. The van der Waals surface area contributed by atoms with Gasteiger partial charge in [-0.1, -0.05) is 0 Å². The molecule has 1 saturated carbocycles. The second-order valence-electron chi connectivity index (χ2n) is 4.26. The molecule has 0 radical (unpaired) electrons. The summed E-state index contributed by atoms with van der Waals surface area (Å²) in [6, 6.07) is 0. The number of amides is 1. The van der Waals surface area contributed by atoms with E-state index in [4.69, 9.17) is 0 Å². The van der Waals surface area contributed by atoms with E-state index in [1.807, 2.05) is 0 Å². The van der Waals surface area contributed by atoms with Gasteiger partial charge in [-0.2, -0.15) is 0 Å². The molecule has 0 atom stereocenters. The molecule has 0 aromatic heterocycles. The quantitative estimate of drug-likeness (QED) is 0.656. The molecule has 1 amide bonds. The first-order valence-corrected chi connectivity index (χ1v) is 7.47. The number of halogens is 1. The zero-order valence-electron chi connectivity index (χ0n) is 10.1. The van der Waals surface area contributed by atoms with E-state index in [-0.39, 0.29) is 30.6 Å². The standard InChI is InChI=1S/C10H20N2O3S.ClH/c1-11-5-4-10(13)12-6-7-16(14,15)8-9-2-3-9;/h9,11H,2-8H2,1H3,(H,12,13);1H. The summed E-state index contributed by atoms with van der Waals surface area (Å²) in [5.74, 6) is 0.634. The molecule has 1 fully saturated rings. The molecule has 1 aliphatic rings. The SMILES string of the molecule is CNCCC(=O)NCCS(=O)(=O)CC1CC1.Cl. The maximum Gasteiger partial charge on any atom is 0.221 e. The monoisotopic (exact) mass is 284 g/mol. The molecule has 17 heavy (non-hydrogen) atoms. The van der Waals surface area contributed by atoms with Gasteiger partial charge in [0.05, 0.1) is 11.5 Å². The minimum Gasteiger partial charge on any atom is -0.355 e. The second kappa shape index (κ2) is 7.89. The van der Waals surface area contributed by atoms with Gasteiger partial charge < -0.3 is 10.6 Å². The summed E-state index contributed by atoms with van der Waals surface area (Å²) in [6.45, 7) is 0.845. The molecule has 102 valence electrons. The topological polar surface area (TPSA) is 75.3 Å². The first-order chi connectivity index (χ1) is 7.53. The number of rotatable bonds is 8. The zero-order valence-corrected chi connectivity index (χ0v) is 11.7. The lowest BCUT2D eigenvalue weighted by Crippen LogP contribution is -2.31. The van der Waals surface area contributed by atoms with Gasteiger partial charge in [-0.25, -0.2) is 8.42 Å². The average Bonchev–Trinajstić information content (AvgIpc) is 2.97. The summed E-state index contributed by atoms with van der Waals surface area (Å²) in [5.41, 5.74) is 0. The predicted octanol–water partition coefficient (Wildman–Crippen LogP) is -0.0413. The summed E-state index contributed by atoms with van der Waals surface area (Å²) >= 11 is 0. The maximum absolute atomic E-state index is 11.5. The summed E-state index contributed by atoms with van der Waals surface area (Å²) in [6.07, 6.45) is 2.46. The zero-order chi connectivity index (χ0) is 12.0. The van der Waals surface area contributed by atoms with Gasteiger partial charge in [0.25, 0.3) is 0 Å². The molecule has 2 N–H and O–H groups in total. The van der Waals surface area contributed by atoms with E-state index in [1.54, 1.807) is 7.05 Å². The lowest BCUT2D eigenvalue weighted by Gasteiger charge is -2.05. The van der Waals surface area contributed by atoms with Crippen molar-refractivity contribution in [2.45, 2.75) is 19.3 Å². The fraction of sp³-hybridized carbons (Fsp3) is 0.900. The van der Waals surface area contributed by atoms with E-state index in [2.05, 4.69) is 10.6 Å². The van der Waals surface area contributed by atoms with Crippen molar-refractivity contribution in [1.29, 1.82) is 0 Å². The Bertz CT molecular complexity index is 328. The van der Waals surface area contributed by atoms with Crippen LogP contribution in [0.25, 0.3) is 0 Å². The highest BCUT2D eigenvalue weighted by Crippen LogP contribution is 2.30. The maximum atomic E-state index is 11.5. The van der Waals surface area contributed by atoms with Crippen molar-refractivity contribution < 1.29 is 13.2 Å². The van der Waals surface area contributed by atoms with E-state index >= 15 is 0 Å². The molecule has 0 aliphatic heterocycles. The summed E-state index contributed by atoms with van der Waals surface area (Å²) in [5, 5.41) is 5.47. The van der Waals surface area contributed by atoms with E-state index in [0.717, 1.165) is 12.8 Å². The van der Waals surface area contributed by atoms with Crippen LogP contribution in [0, 0.1) is 5.92 Å². The van der Waals surface area contributed by atoms with Crippen molar-refractivity contribution in [1.82, 2.24) is 10.6 Å². The molecule has 0 bridgehead atoms. The number of nitrogens with one attached hydrogen (secondary N) is 2. The fourth-order valence-corrected chi connectivity index (χ4v) is 3.03. The van der Waals surface area contributed by atoms with Gasteiger partial charge in [-0.3, -0.25) is 4.79 Å². The van der Waals surface area contributed by atoms with Gasteiger partial charge in [0, 0.05) is 19.5 Å². The lowest BCUT2D eigenvalue weighted by molar-refractivity contribution is -0.120. The lowest BCUT2D eigenvalue weighted by atomic mass is 10.4. The Morgan fingerprint density at radius 1 is 1.29 bits per heavy atom. The molecule has 5 nitrogen and oxygen atoms in total. The minimum absolute atomic E-state index is 0. The third-order valence-electron chi connectivity index (χ3n) is 2.52. The highest BCUT2D eigenvalue weighted by atomic mass is 35.5. The Kier molecular flexibility index (Phi) is 7.74. The molecule has 0 unspecified atom stereocenters. The molecular weight excluding hydrogens is 264 g/mol. The Hall–Kier alpha value is -0.330. The van der Waals surface area contributed by atoms with Crippen LogP contribution in [0.2, 0.25) is 0 Å². The highest BCUT2D eigenvalue weighted by Gasteiger charge is 2.27.